The summed E-state index contributed by atoms with van der Waals surface area (Å²) in [6, 6.07) is 0. The van der Waals surface area contributed by atoms with E-state index < -0.39 is 90.9 Å². The Kier molecular flexibility index (Phi) is 16.7. The molecule has 3 aliphatic heterocycles. The fraction of sp³-hybridized carbons (Fsp3) is 1.00. The molecule has 0 atom stereocenters. The summed E-state index contributed by atoms with van der Waals surface area (Å²) in [5, 5.41) is 0. The van der Waals surface area contributed by atoms with Gasteiger partial charge < -0.3 is 49.4 Å². The van der Waals surface area contributed by atoms with Gasteiger partial charge in [0.2, 0.25) is 0 Å². The average molecular weight is 719 g/mol. The molecule has 0 amide bonds. The standard InChI is InChI=1S/C10H36O12Si10.3C2H6/c1-23-11-26(4)14-29(7)16-27(5,12-24-2)18-31(9)19-28(6,13-25-3)17-30(8,15-26)21-32(10,20-29)22-31;3*1-2/h23-25H2,1-10H3;3*1-2H3. The van der Waals surface area contributed by atoms with Crippen LogP contribution in [0.25, 0.3) is 0 Å². The molecule has 0 aromatic carbocycles. The molecule has 0 aromatic heterocycles. The van der Waals surface area contributed by atoms with E-state index in [-0.39, 0.29) is 0 Å². The maximum absolute atomic E-state index is 6.55. The van der Waals surface area contributed by atoms with Crippen LogP contribution in [0.4, 0.5) is 0 Å². The van der Waals surface area contributed by atoms with E-state index in [0.717, 1.165) is 0 Å². The van der Waals surface area contributed by atoms with Crippen molar-refractivity contribution in [2.24, 2.45) is 0 Å². The molecule has 3 aliphatic rings. The van der Waals surface area contributed by atoms with Crippen LogP contribution in [-0.2, 0) is 49.4 Å². The smallest absolute Gasteiger partial charge is 0.423 e. The maximum Gasteiger partial charge on any atom is 0.475 e. The Balaban J connectivity index is 0.00000213. The van der Waals surface area contributed by atoms with E-state index in [4.69, 9.17) is 49.4 Å². The maximum atomic E-state index is 6.55. The van der Waals surface area contributed by atoms with Crippen LogP contribution in [0.15, 0.2) is 0 Å². The summed E-state index contributed by atoms with van der Waals surface area (Å²) in [4.78, 5) is 0. The lowest BCUT2D eigenvalue weighted by atomic mass is 11.0. The van der Waals surface area contributed by atoms with E-state index >= 15 is 0 Å². The molecule has 12 nitrogen and oxygen atoms in total. The molecular formula is C16H54O12Si10. The predicted molar refractivity (Wildman–Crippen MR) is 172 cm³/mol. The highest BCUT2D eigenvalue weighted by atomic mass is 28.6. The zero-order valence-electron chi connectivity index (χ0n) is 26.5. The van der Waals surface area contributed by atoms with Gasteiger partial charge in [0.15, 0.2) is 0 Å². The lowest BCUT2D eigenvalue weighted by Crippen LogP contribution is -2.80. The van der Waals surface area contributed by atoms with Crippen LogP contribution in [0.1, 0.15) is 41.5 Å². The first-order valence-electron chi connectivity index (χ1n) is 13.8. The van der Waals surface area contributed by atoms with Crippen LogP contribution in [0.3, 0.4) is 0 Å². The fourth-order valence-corrected chi connectivity index (χ4v) is 47.6. The first-order valence-corrected chi connectivity index (χ1v) is 35.3. The number of hydrogen-bond donors (Lipinski definition) is 0. The molecule has 3 rings (SSSR count). The van der Waals surface area contributed by atoms with Gasteiger partial charge in [-0.3, -0.25) is 0 Å². The minimum absolute atomic E-state index is 0.901. The second-order valence-corrected chi connectivity index (χ2v) is 32.9. The zero-order chi connectivity index (χ0) is 30.1. The second-order valence-electron chi connectivity index (χ2n) is 8.25. The van der Waals surface area contributed by atoms with Crippen LogP contribution in [0, 0.1) is 0 Å². The SMILES string of the molecule is CC.CC.CC.C[SiH2]O[Si]1(C)O[Si]2(C)O[Si](C)(O[SiH2]C)O[Si]3(C)O[Si](C)(O[SiH2]C)O[Si](C)(O1)O[Si](C)(O2)O3. The van der Waals surface area contributed by atoms with Crippen molar-refractivity contribution in [2.75, 3.05) is 0 Å². The molecule has 3 fully saturated rings. The van der Waals surface area contributed by atoms with Crippen molar-refractivity contribution < 1.29 is 49.4 Å². The minimum Gasteiger partial charge on any atom is -0.423 e. The molecule has 0 radical (unpaired) electrons. The first-order chi connectivity index (χ1) is 17.5. The molecule has 4 bridgehead atoms. The van der Waals surface area contributed by atoms with Gasteiger partial charge in [-0.05, 0) is 0 Å². The molecular weight excluding hydrogens is 665 g/mol. The first kappa shape index (κ1) is 39.7. The third kappa shape index (κ3) is 11.1. The largest absolute Gasteiger partial charge is 0.475 e. The summed E-state index contributed by atoms with van der Waals surface area (Å²) in [5.74, 6) is 0. The van der Waals surface area contributed by atoms with Crippen molar-refractivity contribution in [3.05, 3.63) is 0 Å². The van der Waals surface area contributed by atoms with Crippen LogP contribution < -0.4 is 0 Å². The Morgan fingerprint density at radius 2 is 0.500 bits per heavy atom. The average Bonchev–Trinajstić information content (AvgIpc) is 2.73. The molecule has 0 aliphatic carbocycles. The highest BCUT2D eigenvalue weighted by Crippen LogP contribution is 2.42. The third-order valence-electron chi connectivity index (χ3n) is 4.56. The molecule has 3 saturated heterocycles. The monoisotopic (exact) mass is 718 g/mol. The Morgan fingerprint density at radius 3 is 0.658 bits per heavy atom. The molecule has 0 aromatic rings. The summed E-state index contributed by atoms with van der Waals surface area (Å²) in [6.45, 7) is 30.7. The molecule has 230 valence electrons. The summed E-state index contributed by atoms with van der Waals surface area (Å²) >= 11 is 0. The van der Waals surface area contributed by atoms with Crippen LogP contribution in [0.2, 0.25) is 65.5 Å². The lowest BCUT2D eigenvalue weighted by molar-refractivity contribution is 0.0261. The van der Waals surface area contributed by atoms with E-state index in [0.29, 0.717) is 0 Å². The van der Waals surface area contributed by atoms with Gasteiger partial charge in [-0.2, -0.15) is 0 Å². The van der Waals surface area contributed by atoms with Crippen molar-refractivity contribution >= 4 is 90.9 Å². The molecule has 0 spiro atoms. The van der Waals surface area contributed by atoms with Crippen molar-refractivity contribution in [1.29, 1.82) is 0 Å². The van der Waals surface area contributed by atoms with E-state index in [1.807, 2.05) is 80.8 Å². The molecule has 38 heavy (non-hydrogen) atoms. The van der Waals surface area contributed by atoms with Gasteiger partial charge in [0.05, 0.1) is 0 Å². The number of rotatable bonds is 6. The van der Waals surface area contributed by atoms with Gasteiger partial charge in [0.25, 0.3) is 0 Å². The van der Waals surface area contributed by atoms with Crippen molar-refractivity contribution in [3.63, 3.8) is 0 Å². The normalized spacial score (nSPS) is 45.2. The molecule has 0 N–H and O–H groups in total. The van der Waals surface area contributed by atoms with Crippen LogP contribution in [-0.4, -0.2) is 90.9 Å². The van der Waals surface area contributed by atoms with Gasteiger partial charge >= 0.3 is 61.6 Å². The van der Waals surface area contributed by atoms with E-state index in [1.165, 1.54) is 0 Å². The number of hydrogen-bond acceptors (Lipinski definition) is 12. The highest BCUT2D eigenvalue weighted by molar-refractivity contribution is 6.98. The van der Waals surface area contributed by atoms with Crippen molar-refractivity contribution in [3.8, 4) is 0 Å². The summed E-state index contributed by atoms with van der Waals surface area (Å²) < 4.78 is 77.3. The quantitative estimate of drug-likeness (QED) is 0.377. The van der Waals surface area contributed by atoms with E-state index in [2.05, 4.69) is 0 Å². The van der Waals surface area contributed by atoms with Crippen LogP contribution >= 0.6 is 0 Å². The molecule has 22 heteroatoms. The zero-order valence-corrected chi connectivity index (χ0v) is 37.8. The topological polar surface area (TPSA) is 111 Å². The van der Waals surface area contributed by atoms with Gasteiger partial charge in [-0.25, -0.2) is 0 Å². The lowest BCUT2D eigenvalue weighted by Gasteiger charge is -2.55. The Bertz CT molecular complexity index is 604. The Hall–Kier alpha value is 1.69. The van der Waals surface area contributed by atoms with Crippen LogP contribution in [0.5, 0.6) is 0 Å². The summed E-state index contributed by atoms with van der Waals surface area (Å²) in [5.41, 5.74) is 0. The Labute approximate surface area is 246 Å². The van der Waals surface area contributed by atoms with Gasteiger partial charge in [-0.15, -0.1) is 0 Å². The fourth-order valence-electron chi connectivity index (χ4n) is 4.31. The van der Waals surface area contributed by atoms with Crippen molar-refractivity contribution in [1.82, 2.24) is 0 Å². The third-order valence-corrected chi connectivity index (χ3v) is 41.0. The molecule has 3 heterocycles. The van der Waals surface area contributed by atoms with Crippen molar-refractivity contribution in [2.45, 2.75) is 107 Å². The van der Waals surface area contributed by atoms with E-state index in [9.17, 15) is 0 Å². The molecule has 0 unspecified atom stereocenters. The minimum atomic E-state index is -3.45. The second kappa shape index (κ2) is 16.0. The Morgan fingerprint density at radius 1 is 0.342 bits per heavy atom. The van der Waals surface area contributed by atoms with E-state index in [1.54, 1.807) is 26.2 Å². The molecule has 0 saturated carbocycles. The van der Waals surface area contributed by atoms with Gasteiger partial charge in [0, 0.05) is 45.8 Å². The predicted octanol–water partition coefficient (Wildman–Crippen LogP) is 2.68. The highest BCUT2D eigenvalue weighted by Gasteiger charge is 2.72. The summed E-state index contributed by atoms with van der Waals surface area (Å²) in [7, 11) is -26.3. The van der Waals surface area contributed by atoms with Gasteiger partial charge in [0.1, 0.15) is 29.3 Å². The van der Waals surface area contributed by atoms with Gasteiger partial charge in [-0.1, -0.05) is 61.2 Å². The number of fused-ring (bicyclic) bond motifs is 3. The summed E-state index contributed by atoms with van der Waals surface area (Å²) in [6.07, 6.45) is 0.